The molecule has 0 aliphatic carbocycles. The summed E-state index contributed by atoms with van der Waals surface area (Å²) in [4.78, 5) is 17.9. The van der Waals surface area contributed by atoms with Crippen molar-refractivity contribution in [3.8, 4) is 0 Å². The lowest BCUT2D eigenvalue weighted by atomic mass is 10.1. The van der Waals surface area contributed by atoms with Gasteiger partial charge < -0.3 is 15.5 Å². The van der Waals surface area contributed by atoms with Crippen molar-refractivity contribution in [2.75, 3.05) is 27.2 Å². The Morgan fingerprint density at radius 2 is 1.75 bits per heavy atom. The first-order valence-corrected chi connectivity index (χ1v) is 9.38. The first kappa shape index (κ1) is 24.2. The van der Waals surface area contributed by atoms with Gasteiger partial charge in [-0.25, -0.2) is 4.99 Å². The highest BCUT2D eigenvalue weighted by Crippen LogP contribution is 2.15. The van der Waals surface area contributed by atoms with Gasteiger partial charge in [-0.2, -0.15) is 0 Å². The smallest absolute Gasteiger partial charge is 0.243 e. The van der Waals surface area contributed by atoms with Crippen molar-refractivity contribution in [1.82, 2.24) is 15.5 Å². The van der Waals surface area contributed by atoms with Crippen LogP contribution >= 0.6 is 35.6 Å². The van der Waals surface area contributed by atoms with Crippen LogP contribution in [0.4, 0.5) is 0 Å². The number of hydrogen-bond donors (Lipinski definition) is 2. The molecule has 0 bridgehead atoms. The van der Waals surface area contributed by atoms with Crippen LogP contribution in [0.1, 0.15) is 24.1 Å². The number of carbonyl (C=O) groups is 1. The molecule has 2 N–H and O–H groups in total. The molecule has 2 aromatic carbocycles. The van der Waals surface area contributed by atoms with E-state index in [4.69, 9.17) is 11.6 Å². The molecule has 1 unspecified atom stereocenters. The zero-order valence-corrected chi connectivity index (χ0v) is 19.6. The van der Waals surface area contributed by atoms with Crippen molar-refractivity contribution in [3.05, 3.63) is 70.7 Å². The first-order chi connectivity index (χ1) is 13.0. The Morgan fingerprint density at radius 1 is 1.11 bits per heavy atom. The highest BCUT2D eigenvalue weighted by molar-refractivity contribution is 14.0. The van der Waals surface area contributed by atoms with Crippen molar-refractivity contribution < 1.29 is 4.79 Å². The Labute approximate surface area is 189 Å². The Balaban J connectivity index is 0.00000392. The Morgan fingerprint density at radius 3 is 2.39 bits per heavy atom. The van der Waals surface area contributed by atoms with Crippen LogP contribution in [0.5, 0.6) is 0 Å². The van der Waals surface area contributed by atoms with E-state index in [-0.39, 0.29) is 42.5 Å². The van der Waals surface area contributed by atoms with Gasteiger partial charge in [-0.15, -0.1) is 24.0 Å². The maximum atomic E-state index is 11.9. The molecule has 152 valence electrons. The molecular formula is C21H28ClIN4O. The topological polar surface area (TPSA) is 56.7 Å². The number of nitrogens with one attached hydrogen (secondary N) is 2. The number of hydrogen-bond acceptors (Lipinski definition) is 2. The molecule has 7 heteroatoms. The molecule has 0 saturated carbocycles. The van der Waals surface area contributed by atoms with Gasteiger partial charge in [0.1, 0.15) is 6.54 Å². The summed E-state index contributed by atoms with van der Waals surface area (Å²) < 4.78 is 0. The van der Waals surface area contributed by atoms with Gasteiger partial charge in [0.15, 0.2) is 5.96 Å². The number of aliphatic imine (C=N–C) groups is 1. The monoisotopic (exact) mass is 514 g/mol. The molecule has 0 radical (unpaired) electrons. The number of likely N-dealkylation sites (N-methyl/N-ethyl adjacent to an activating group) is 1. The summed E-state index contributed by atoms with van der Waals surface area (Å²) in [6.07, 6.45) is 0.766. The molecule has 0 saturated heterocycles. The van der Waals surface area contributed by atoms with Crippen molar-refractivity contribution in [1.29, 1.82) is 0 Å². The van der Waals surface area contributed by atoms with Gasteiger partial charge in [-0.3, -0.25) is 4.79 Å². The molecule has 0 aliphatic heterocycles. The van der Waals surface area contributed by atoms with E-state index in [0.29, 0.717) is 12.5 Å². The molecule has 0 aliphatic rings. The minimum atomic E-state index is -0.0467. The summed E-state index contributed by atoms with van der Waals surface area (Å²) in [6.45, 7) is 2.82. The predicted octanol–water partition coefficient (Wildman–Crippen LogP) is 3.89. The second-order valence-electron chi connectivity index (χ2n) is 6.50. The Bertz CT molecular complexity index is 768. The highest BCUT2D eigenvalue weighted by Gasteiger charge is 2.09. The zero-order chi connectivity index (χ0) is 19.6. The molecule has 2 rings (SSSR count). The Hall–Kier alpha value is -1.80. The van der Waals surface area contributed by atoms with E-state index in [9.17, 15) is 4.79 Å². The molecule has 0 fully saturated rings. The molecule has 0 aromatic heterocycles. The van der Waals surface area contributed by atoms with Crippen LogP contribution in [0.15, 0.2) is 59.6 Å². The summed E-state index contributed by atoms with van der Waals surface area (Å²) in [5.74, 6) is 0.558. The summed E-state index contributed by atoms with van der Waals surface area (Å²) in [6, 6.07) is 18.0. The van der Waals surface area contributed by atoms with Crippen LogP contribution in [0.2, 0.25) is 5.02 Å². The van der Waals surface area contributed by atoms with Crippen molar-refractivity contribution in [2.24, 2.45) is 4.99 Å². The van der Waals surface area contributed by atoms with E-state index in [1.807, 2.05) is 42.5 Å². The van der Waals surface area contributed by atoms with Gasteiger partial charge in [0.2, 0.25) is 5.91 Å². The number of guanidine groups is 1. The number of rotatable bonds is 7. The minimum absolute atomic E-state index is 0. The highest BCUT2D eigenvalue weighted by atomic mass is 127. The third kappa shape index (κ3) is 8.06. The average molecular weight is 515 g/mol. The number of benzene rings is 2. The maximum absolute atomic E-state index is 11.9. The summed E-state index contributed by atoms with van der Waals surface area (Å²) in [5, 5.41) is 7.42. The fraction of sp³-hybridized carbons (Fsp3) is 0.333. The molecule has 1 atom stereocenters. The fourth-order valence-corrected chi connectivity index (χ4v) is 2.72. The normalized spacial score (nSPS) is 11.9. The van der Waals surface area contributed by atoms with E-state index >= 15 is 0 Å². The van der Waals surface area contributed by atoms with Gasteiger partial charge in [0.05, 0.1) is 6.04 Å². The first-order valence-electron chi connectivity index (χ1n) is 9.00. The molecule has 28 heavy (non-hydrogen) atoms. The van der Waals surface area contributed by atoms with E-state index in [1.54, 1.807) is 14.1 Å². The van der Waals surface area contributed by atoms with Gasteiger partial charge in [0, 0.05) is 25.7 Å². The predicted molar refractivity (Wildman–Crippen MR) is 128 cm³/mol. The molecule has 2 aromatic rings. The molecule has 5 nitrogen and oxygen atoms in total. The van der Waals surface area contributed by atoms with Gasteiger partial charge >= 0.3 is 0 Å². The van der Waals surface area contributed by atoms with Crippen molar-refractivity contribution in [2.45, 2.75) is 19.4 Å². The number of halogens is 2. The zero-order valence-electron chi connectivity index (χ0n) is 16.5. The van der Waals surface area contributed by atoms with E-state index < -0.39 is 0 Å². The van der Waals surface area contributed by atoms with Crippen LogP contribution in [0.25, 0.3) is 0 Å². The summed E-state index contributed by atoms with van der Waals surface area (Å²) >= 11 is 6.22. The van der Waals surface area contributed by atoms with Gasteiger partial charge in [-0.05, 0) is 30.5 Å². The fourth-order valence-electron chi connectivity index (χ4n) is 2.49. The summed E-state index contributed by atoms with van der Waals surface area (Å²) in [7, 11) is 3.45. The standard InChI is InChI=1S/C21H27ClN4O.HI/c1-16(17-9-5-4-6-10-17)25-21(24-15-20(27)26(2)3)23-14-13-18-11-7-8-12-19(18)22;/h4-12,16H,13-15H2,1-3H3,(H2,23,24,25);1H. The van der Waals surface area contributed by atoms with E-state index in [1.165, 1.54) is 4.90 Å². The lowest BCUT2D eigenvalue weighted by molar-refractivity contribution is -0.127. The second-order valence-corrected chi connectivity index (χ2v) is 6.91. The third-order valence-electron chi connectivity index (χ3n) is 4.17. The van der Waals surface area contributed by atoms with Crippen LogP contribution in [0, 0.1) is 0 Å². The summed E-state index contributed by atoms with van der Waals surface area (Å²) in [5.41, 5.74) is 2.23. The van der Waals surface area contributed by atoms with Crippen LogP contribution in [-0.2, 0) is 11.2 Å². The molecule has 0 spiro atoms. The largest absolute Gasteiger partial charge is 0.356 e. The van der Waals surface area contributed by atoms with Crippen LogP contribution < -0.4 is 10.6 Å². The second kappa shape index (κ2) is 12.6. The van der Waals surface area contributed by atoms with Crippen LogP contribution in [-0.4, -0.2) is 44.0 Å². The quantitative estimate of drug-likeness (QED) is 0.335. The van der Waals surface area contributed by atoms with E-state index in [2.05, 4.69) is 34.7 Å². The lowest BCUT2D eigenvalue weighted by Gasteiger charge is -2.19. The number of carbonyl (C=O) groups excluding carboxylic acids is 1. The Kier molecular flexibility index (Phi) is 10.9. The van der Waals surface area contributed by atoms with Gasteiger partial charge in [0.25, 0.3) is 0 Å². The van der Waals surface area contributed by atoms with Crippen molar-refractivity contribution >= 4 is 47.4 Å². The number of amides is 1. The SMILES string of the molecule is CC(NC(=NCC(=O)N(C)C)NCCc1ccccc1Cl)c1ccccc1.I. The molecule has 0 heterocycles. The van der Waals surface area contributed by atoms with Crippen molar-refractivity contribution in [3.63, 3.8) is 0 Å². The number of nitrogens with zero attached hydrogens (tertiary/aromatic N) is 2. The van der Waals surface area contributed by atoms with E-state index in [0.717, 1.165) is 22.6 Å². The molecule has 1 amide bonds. The average Bonchev–Trinajstić information content (AvgIpc) is 2.67. The molecular weight excluding hydrogens is 487 g/mol. The van der Waals surface area contributed by atoms with Crippen LogP contribution in [0.3, 0.4) is 0 Å². The minimum Gasteiger partial charge on any atom is -0.356 e. The third-order valence-corrected chi connectivity index (χ3v) is 4.54. The van der Waals surface area contributed by atoms with Gasteiger partial charge in [-0.1, -0.05) is 60.1 Å². The maximum Gasteiger partial charge on any atom is 0.243 e. The lowest BCUT2D eigenvalue weighted by Crippen LogP contribution is -2.40.